The highest BCUT2D eigenvalue weighted by Crippen LogP contribution is 2.24. The van der Waals surface area contributed by atoms with E-state index in [1.807, 2.05) is 0 Å². The molecule has 0 radical (unpaired) electrons. The fourth-order valence-corrected chi connectivity index (χ4v) is 2.39. The molecule has 0 fully saturated rings. The number of carbonyl (C=O) groups is 1. The van der Waals surface area contributed by atoms with Gasteiger partial charge in [-0.15, -0.1) is 0 Å². The van der Waals surface area contributed by atoms with Crippen molar-refractivity contribution in [3.05, 3.63) is 64.0 Å². The van der Waals surface area contributed by atoms with Crippen LogP contribution in [0.25, 0.3) is 22.1 Å². The van der Waals surface area contributed by atoms with Gasteiger partial charge in [0, 0.05) is 11.1 Å². The highest BCUT2D eigenvalue weighted by atomic mass is 35.5. The average Bonchev–Trinajstić information content (AvgIpc) is 2.56. The largest absolute Gasteiger partial charge is 0.479 e. The summed E-state index contributed by atoms with van der Waals surface area (Å²) in [5, 5.41) is 9.84. The fraction of sp³-hybridized carbons (Fsp3) is 0.111. The Morgan fingerprint density at radius 2 is 1.92 bits per heavy atom. The van der Waals surface area contributed by atoms with Crippen LogP contribution < -0.4 is 10.2 Å². The van der Waals surface area contributed by atoms with Crippen LogP contribution in [0.3, 0.4) is 0 Å². The average molecular weight is 345 g/mol. The Bertz CT molecular complexity index is 959. The van der Waals surface area contributed by atoms with Crippen LogP contribution in [0.2, 0.25) is 5.02 Å². The van der Waals surface area contributed by atoms with Gasteiger partial charge < -0.3 is 14.3 Å². The first-order valence-corrected chi connectivity index (χ1v) is 7.54. The summed E-state index contributed by atoms with van der Waals surface area (Å²) in [6.07, 6.45) is 0.376. The van der Waals surface area contributed by atoms with Crippen LogP contribution in [0.5, 0.6) is 5.75 Å². The maximum absolute atomic E-state index is 12.6. The summed E-state index contributed by atoms with van der Waals surface area (Å²) >= 11 is 5.86. The van der Waals surface area contributed by atoms with Crippen LogP contribution in [0.15, 0.2) is 57.9 Å². The highest BCUT2D eigenvalue weighted by Gasteiger charge is 2.14. The van der Waals surface area contributed by atoms with Crippen LogP contribution in [0, 0.1) is 0 Å². The highest BCUT2D eigenvalue weighted by molar-refractivity contribution is 6.30. The van der Waals surface area contributed by atoms with E-state index in [0.717, 1.165) is 0 Å². The number of hydrogen-bond donors (Lipinski definition) is 1. The lowest BCUT2D eigenvalue weighted by atomic mass is 10.1. The molecule has 1 atom stereocenters. The topological polar surface area (TPSA) is 76.7 Å². The zero-order valence-corrected chi connectivity index (χ0v) is 13.4. The van der Waals surface area contributed by atoms with Crippen molar-refractivity contribution in [2.45, 2.75) is 13.0 Å². The van der Waals surface area contributed by atoms with Crippen molar-refractivity contribution in [3.8, 4) is 16.9 Å². The molecule has 5 nitrogen and oxygen atoms in total. The predicted octanol–water partition coefficient (Wildman–Crippen LogP) is 3.97. The lowest BCUT2D eigenvalue weighted by Gasteiger charge is -2.10. The maximum atomic E-state index is 12.6. The molecule has 6 heteroatoms. The van der Waals surface area contributed by atoms with E-state index in [2.05, 4.69) is 0 Å². The van der Waals surface area contributed by atoms with Crippen LogP contribution in [-0.2, 0) is 4.79 Å². The molecule has 3 aromatic rings. The number of ether oxygens (including phenoxy) is 1. The smallest absolute Gasteiger partial charge is 0.344 e. The quantitative estimate of drug-likeness (QED) is 0.775. The van der Waals surface area contributed by atoms with Crippen molar-refractivity contribution in [2.75, 3.05) is 0 Å². The summed E-state index contributed by atoms with van der Waals surface area (Å²) in [5.41, 5.74) is 1.27. The molecule has 0 saturated carbocycles. The molecule has 1 aromatic heterocycles. The Balaban J connectivity index is 2.02. The summed E-state index contributed by atoms with van der Waals surface area (Å²) in [6.45, 7) is 1.42. The van der Waals surface area contributed by atoms with E-state index in [0.29, 0.717) is 32.9 Å². The SMILES string of the molecule is C[C@H](Oc1ccc2c(=O)c(-c3ccc(Cl)cc3)coc2c1)C(=O)O. The number of hydrogen-bond acceptors (Lipinski definition) is 4. The molecule has 2 aromatic carbocycles. The normalized spacial score (nSPS) is 12.1. The number of benzene rings is 2. The Morgan fingerprint density at radius 3 is 2.58 bits per heavy atom. The first kappa shape index (κ1) is 16.1. The first-order valence-electron chi connectivity index (χ1n) is 7.16. The minimum atomic E-state index is -1.07. The molecule has 0 aliphatic rings. The van der Waals surface area contributed by atoms with Crippen molar-refractivity contribution in [1.82, 2.24) is 0 Å². The molecule has 1 N–H and O–H groups in total. The van der Waals surface area contributed by atoms with E-state index in [9.17, 15) is 9.59 Å². The molecule has 0 amide bonds. The number of fused-ring (bicyclic) bond motifs is 1. The van der Waals surface area contributed by atoms with Gasteiger partial charge in [0.2, 0.25) is 0 Å². The van der Waals surface area contributed by atoms with Crippen molar-refractivity contribution >= 4 is 28.5 Å². The molecule has 0 aliphatic heterocycles. The summed E-state index contributed by atoms with van der Waals surface area (Å²) in [6, 6.07) is 11.5. The van der Waals surface area contributed by atoms with Crippen molar-refractivity contribution in [2.24, 2.45) is 0 Å². The van der Waals surface area contributed by atoms with Crippen LogP contribution in [0.4, 0.5) is 0 Å². The van der Waals surface area contributed by atoms with Gasteiger partial charge >= 0.3 is 5.97 Å². The number of carboxylic acids is 1. The molecule has 24 heavy (non-hydrogen) atoms. The van der Waals surface area contributed by atoms with Gasteiger partial charge in [0.05, 0.1) is 10.9 Å². The van der Waals surface area contributed by atoms with Crippen molar-refractivity contribution in [3.63, 3.8) is 0 Å². The molecular formula is C18H13ClO5. The van der Waals surface area contributed by atoms with Crippen LogP contribution in [-0.4, -0.2) is 17.2 Å². The Morgan fingerprint density at radius 1 is 1.21 bits per heavy atom. The summed E-state index contributed by atoms with van der Waals surface area (Å²) < 4.78 is 10.8. The molecule has 0 aliphatic carbocycles. The molecular weight excluding hydrogens is 332 g/mol. The third kappa shape index (κ3) is 3.12. The van der Waals surface area contributed by atoms with Gasteiger partial charge in [0.15, 0.2) is 11.5 Å². The standard InChI is InChI=1S/C18H13ClO5/c1-10(18(21)22)24-13-6-7-14-16(8-13)23-9-15(17(14)20)11-2-4-12(19)5-3-11/h2-10H,1H3,(H,21,22)/t10-/m0/s1. The number of aliphatic carboxylic acids is 1. The zero-order valence-electron chi connectivity index (χ0n) is 12.7. The zero-order chi connectivity index (χ0) is 17.3. The van der Waals surface area contributed by atoms with E-state index in [1.54, 1.807) is 36.4 Å². The van der Waals surface area contributed by atoms with Gasteiger partial charge in [-0.1, -0.05) is 23.7 Å². The second-order valence-corrected chi connectivity index (χ2v) is 5.68. The summed E-state index contributed by atoms with van der Waals surface area (Å²) in [7, 11) is 0. The number of rotatable bonds is 4. The van der Waals surface area contributed by atoms with Gasteiger partial charge in [0.1, 0.15) is 17.6 Å². The minimum Gasteiger partial charge on any atom is -0.479 e. The Kier molecular flexibility index (Phi) is 4.27. The maximum Gasteiger partial charge on any atom is 0.344 e. The third-order valence-corrected chi connectivity index (χ3v) is 3.81. The second kappa shape index (κ2) is 6.37. The van der Waals surface area contributed by atoms with Crippen LogP contribution in [0.1, 0.15) is 6.92 Å². The molecule has 0 saturated heterocycles. The summed E-state index contributed by atoms with van der Waals surface area (Å²) in [4.78, 5) is 23.5. The van der Waals surface area contributed by atoms with Crippen LogP contribution >= 0.6 is 11.6 Å². The molecule has 0 bridgehead atoms. The van der Waals surface area contributed by atoms with E-state index < -0.39 is 12.1 Å². The lowest BCUT2D eigenvalue weighted by molar-refractivity contribution is -0.144. The van der Waals surface area contributed by atoms with E-state index >= 15 is 0 Å². The lowest BCUT2D eigenvalue weighted by Crippen LogP contribution is -2.22. The third-order valence-electron chi connectivity index (χ3n) is 3.56. The molecule has 0 spiro atoms. The summed E-state index contributed by atoms with van der Waals surface area (Å²) in [5.74, 6) is -0.755. The van der Waals surface area contributed by atoms with Gasteiger partial charge in [-0.2, -0.15) is 0 Å². The van der Waals surface area contributed by atoms with Gasteiger partial charge in [-0.05, 0) is 36.8 Å². The van der Waals surface area contributed by atoms with Gasteiger partial charge in [-0.25, -0.2) is 4.79 Å². The first-order chi connectivity index (χ1) is 11.5. The molecule has 0 unspecified atom stereocenters. The predicted molar refractivity (Wildman–Crippen MR) is 90.7 cm³/mol. The van der Waals surface area contributed by atoms with Crippen molar-refractivity contribution in [1.29, 1.82) is 0 Å². The van der Waals surface area contributed by atoms with Gasteiger partial charge in [-0.3, -0.25) is 4.79 Å². The monoisotopic (exact) mass is 344 g/mol. The van der Waals surface area contributed by atoms with E-state index in [1.165, 1.54) is 19.3 Å². The number of halogens is 1. The van der Waals surface area contributed by atoms with Crippen molar-refractivity contribution < 1.29 is 19.1 Å². The second-order valence-electron chi connectivity index (χ2n) is 5.24. The van der Waals surface area contributed by atoms with Gasteiger partial charge in [0.25, 0.3) is 0 Å². The number of carboxylic acid groups (broad SMARTS) is 1. The molecule has 3 rings (SSSR count). The minimum absolute atomic E-state index is 0.184. The van der Waals surface area contributed by atoms with E-state index in [4.69, 9.17) is 25.9 Å². The fourth-order valence-electron chi connectivity index (χ4n) is 2.27. The Hall–Kier alpha value is -2.79. The molecule has 122 valence electrons. The van der Waals surface area contributed by atoms with E-state index in [-0.39, 0.29) is 5.43 Å². The Labute approximate surface area is 142 Å². The molecule has 1 heterocycles.